The summed E-state index contributed by atoms with van der Waals surface area (Å²) in [4.78, 5) is 13.2. The molecule has 0 radical (unpaired) electrons. The van der Waals surface area contributed by atoms with Crippen molar-refractivity contribution < 1.29 is 14.3 Å². The Morgan fingerprint density at radius 1 is 0.963 bits per heavy atom. The van der Waals surface area contributed by atoms with Gasteiger partial charge in [0.25, 0.3) is 0 Å². The summed E-state index contributed by atoms with van der Waals surface area (Å²) in [5.41, 5.74) is 1.83. The Morgan fingerprint density at radius 3 is 2.48 bits per heavy atom. The van der Waals surface area contributed by atoms with E-state index in [9.17, 15) is 4.79 Å². The second-order valence-electron chi connectivity index (χ2n) is 5.86. The van der Waals surface area contributed by atoms with Crippen LogP contribution in [0.4, 0.5) is 0 Å². The van der Waals surface area contributed by atoms with Gasteiger partial charge >= 0.3 is 5.97 Å². The highest BCUT2D eigenvalue weighted by Crippen LogP contribution is 2.38. The zero-order valence-corrected chi connectivity index (χ0v) is 16.0. The van der Waals surface area contributed by atoms with Crippen LogP contribution in [0.15, 0.2) is 72.8 Å². The van der Waals surface area contributed by atoms with Crippen molar-refractivity contribution in [2.24, 2.45) is 0 Å². The zero-order valence-electron chi connectivity index (χ0n) is 14.4. The van der Waals surface area contributed by atoms with Gasteiger partial charge in [0.2, 0.25) is 0 Å². The first kappa shape index (κ1) is 17.6. The van der Waals surface area contributed by atoms with Gasteiger partial charge in [-0.15, -0.1) is 11.3 Å². The molecule has 0 unspecified atom stereocenters. The molecule has 0 N–H and O–H groups in total. The molecule has 0 amide bonds. The number of esters is 1. The fourth-order valence-electron chi connectivity index (χ4n) is 2.86. The van der Waals surface area contributed by atoms with E-state index in [0.717, 1.165) is 27.0 Å². The molecule has 134 valence electrons. The zero-order chi connectivity index (χ0) is 18.8. The van der Waals surface area contributed by atoms with Crippen molar-refractivity contribution in [3.05, 3.63) is 82.7 Å². The monoisotopic (exact) mass is 394 g/mol. The van der Waals surface area contributed by atoms with Gasteiger partial charge in [0, 0.05) is 15.6 Å². The smallest absolute Gasteiger partial charge is 0.355 e. The molecule has 0 aliphatic rings. The Labute approximate surface area is 165 Å². The maximum absolute atomic E-state index is 12.8. The maximum atomic E-state index is 12.8. The number of rotatable bonds is 4. The van der Waals surface area contributed by atoms with Crippen molar-refractivity contribution in [3.63, 3.8) is 0 Å². The molecule has 0 aliphatic heterocycles. The van der Waals surface area contributed by atoms with Crippen LogP contribution < -0.4 is 9.47 Å². The van der Waals surface area contributed by atoms with Crippen molar-refractivity contribution in [2.75, 3.05) is 7.11 Å². The van der Waals surface area contributed by atoms with Crippen molar-refractivity contribution in [2.45, 2.75) is 0 Å². The first-order valence-corrected chi connectivity index (χ1v) is 9.49. The van der Waals surface area contributed by atoms with Gasteiger partial charge in [-0.3, -0.25) is 0 Å². The van der Waals surface area contributed by atoms with Crippen molar-refractivity contribution >= 4 is 39.0 Å². The Balaban J connectivity index is 1.70. The highest BCUT2D eigenvalue weighted by atomic mass is 35.5. The molecule has 0 aliphatic carbocycles. The van der Waals surface area contributed by atoms with Gasteiger partial charge in [-0.2, -0.15) is 0 Å². The van der Waals surface area contributed by atoms with Crippen LogP contribution in [0.5, 0.6) is 11.5 Å². The molecule has 0 atom stereocenters. The minimum absolute atomic E-state index is 0.378. The molecule has 27 heavy (non-hydrogen) atoms. The first-order chi connectivity index (χ1) is 13.2. The summed E-state index contributed by atoms with van der Waals surface area (Å²) in [6.45, 7) is 0. The third kappa shape index (κ3) is 3.42. The van der Waals surface area contributed by atoms with E-state index in [1.54, 1.807) is 13.2 Å². The van der Waals surface area contributed by atoms with E-state index in [0.29, 0.717) is 15.6 Å². The van der Waals surface area contributed by atoms with Crippen LogP contribution in [0.3, 0.4) is 0 Å². The van der Waals surface area contributed by atoms with E-state index in [1.807, 2.05) is 66.7 Å². The summed E-state index contributed by atoms with van der Waals surface area (Å²) in [5, 5.41) is 1.21. The second-order valence-corrected chi connectivity index (χ2v) is 7.29. The van der Waals surface area contributed by atoms with E-state index < -0.39 is 5.97 Å². The van der Waals surface area contributed by atoms with Crippen molar-refractivity contribution in [3.8, 4) is 22.6 Å². The molecule has 3 nitrogen and oxygen atoms in total. The lowest BCUT2D eigenvalue weighted by Crippen LogP contribution is -2.07. The molecule has 3 aromatic carbocycles. The number of hydrogen-bond donors (Lipinski definition) is 0. The third-order valence-electron chi connectivity index (χ3n) is 4.20. The van der Waals surface area contributed by atoms with E-state index in [1.165, 1.54) is 11.3 Å². The van der Waals surface area contributed by atoms with Crippen LogP contribution in [0.2, 0.25) is 5.02 Å². The number of carbonyl (C=O) groups excluding carboxylic acids is 1. The predicted molar refractivity (Wildman–Crippen MR) is 110 cm³/mol. The summed E-state index contributed by atoms with van der Waals surface area (Å²) < 4.78 is 11.8. The maximum Gasteiger partial charge on any atom is 0.355 e. The quantitative estimate of drug-likeness (QED) is 0.294. The Bertz CT molecular complexity index is 1120. The predicted octanol–water partition coefficient (Wildman–Crippen LogP) is 6.45. The fraction of sp³-hybridized carbons (Fsp3) is 0.0455. The first-order valence-electron chi connectivity index (χ1n) is 8.30. The van der Waals surface area contributed by atoms with E-state index in [2.05, 4.69) is 0 Å². The van der Waals surface area contributed by atoms with Gasteiger partial charge < -0.3 is 9.47 Å². The van der Waals surface area contributed by atoms with Gasteiger partial charge in [-0.25, -0.2) is 4.79 Å². The van der Waals surface area contributed by atoms with Gasteiger partial charge in [0.15, 0.2) is 0 Å². The van der Waals surface area contributed by atoms with Crippen LogP contribution >= 0.6 is 22.9 Å². The average Bonchev–Trinajstić information content (AvgIpc) is 3.05. The second kappa shape index (κ2) is 7.43. The normalized spacial score (nSPS) is 10.7. The van der Waals surface area contributed by atoms with Crippen LogP contribution in [0.1, 0.15) is 9.67 Å². The summed E-state index contributed by atoms with van der Waals surface area (Å²) in [5.74, 6) is 0.748. The molecule has 4 aromatic rings. The number of hydrogen-bond acceptors (Lipinski definition) is 4. The molecule has 0 fully saturated rings. The number of thiophene rings is 1. The molecule has 1 aromatic heterocycles. The summed E-state index contributed by atoms with van der Waals surface area (Å²) in [6.07, 6.45) is 0. The number of ether oxygens (including phenoxy) is 2. The van der Waals surface area contributed by atoms with Crippen LogP contribution in [0.25, 0.3) is 21.2 Å². The minimum atomic E-state index is -0.469. The lowest BCUT2D eigenvalue weighted by Gasteiger charge is -2.09. The molecular formula is C22H15ClO3S. The van der Waals surface area contributed by atoms with Crippen LogP contribution in [-0.2, 0) is 0 Å². The average molecular weight is 395 g/mol. The van der Waals surface area contributed by atoms with Gasteiger partial charge in [0.1, 0.15) is 16.4 Å². The molecule has 1 heterocycles. The molecule has 0 saturated heterocycles. The largest absolute Gasteiger partial charge is 0.497 e. The standard InChI is InChI=1S/C22H15ClO3S/c1-25-15-11-12-17-19(13-15)27-21(20(17)23)22(24)26-18-10-6-5-9-16(18)14-7-3-2-4-8-14/h2-13H,1H3. The summed E-state index contributed by atoms with van der Waals surface area (Å²) >= 11 is 7.74. The summed E-state index contributed by atoms with van der Waals surface area (Å²) in [6, 6.07) is 22.8. The number of fused-ring (bicyclic) bond motifs is 1. The van der Waals surface area contributed by atoms with E-state index in [-0.39, 0.29) is 0 Å². The Hall–Kier alpha value is -2.82. The highest BCUT2D eigenvalue weighted by molar-refractivity contribution is 7.21. The number of methoxy groups -OCH3 is 1. The number of carbonyl (C=O) groups is 1. The van der Waals surface area contributed by atoms with E-state index >= 15 is 0 Å². The molecule has 0 spiro atoms. The SMILES string of the molecule is COc1ccc2c(Cl)c(C(=O)Oc3ccccc3-c3ccccc3)sc2c1. The summed E-state index contributed by atoms with van der Waals surface area (Å²) in [7, 11) is 1.60. The van der Waals surface area contributed by atoms with Crippen molar-refractivity contribution in [1.82, 2.24) is 0 Å². The molecular weight excluding hydrogens is 380 g/mol. The topological polar surface area (TPSA) is 35.5 Å². The lowest BCUT2D eigenvalue weighted by molar-refractivity contribution is 0.0741. The highest BCUT2D eigenvalue weighted by Gasteiger charge is 2.20. The molecule has 4 rings (SSSR count). The lowest BCUT2D eigenvalue weighted by atomic mass is 10.1. The molecule has 5 heteroatoms. The Morgan fingerprint density at radius 2 is 1.70 bits per heavy atom. The number of para-hydroxylation sites is 1. The third-order valence-corrected chi connectivity index (χ3v) is 5.83. The van der Waals surface area contributed by atoms with Crippen LogP contribution in [0, 0.1) is 0 Å². The number of benzene rings is 3. The number of halogens is 1. The van der Waals surface area contributed by atoms with E-state index in [4.69, 9.17) is 21.1 Å². The van der Waals surface area contributed by atoms with Gasteiger partial charge in [-0.1, -0.05) is 60.1 Å². The van der Waals surface area contributed by atoms with Crippen LogP contribution in [-0.4, -0.2) is 13.1 Å². The Kier molecular flexibility index (Phi) is 4.84. The fourth-order valence-corrected chi connectivity index (χ4v) is 4.28. The van der Waals surface area contributed by atoms with Gasteiger partial charge in [0.05, 0.1) is 12.1 Å². The molecule has 0 saturated carbocycles. The minimum Gasteiger partial charge on any atom is -0.497 e. The van der Waals surface area contributed by atoms with Crippen molar-refractivity contribution in [1.29, 1.82) is 0 Å². The van der Waals surface area contributed by atoms with Gasteiger partial charge in [-0.05, 0) is 29.8 Å². The molecule has 0 bridgehead atoms.